The van der Waals surface area contributed by atoms with Crippen LogP contribution in [-0.4, -0.2) is 29.1 Å². The lowest BCUT2D eigenvalue weighted by Crippen LogP contribution is -2.41. The molecule has 128 valence electrons. The van der Waals surface area contributed by atoms with Crippen molar-refractivity contribution < 1.29 is 19.8 Å². The van der Waals surface area contributed by atoms with E-state index in [1.807, 2.05) is 0 Å². The molecule has 0 aliphatic rings. The van der Waals surface area contributed by atoms with Crippen LogP contribution in [0.2, 0.25) is 0 Å². The van der Waals surface area contributed by atoms with Gasteiger partial charge in [-0.2, -0.15) is 0 Å². The Kier molecular flexibility index (Phi) is 10.8. The molecule has 0 fully saturated rings. The first-order valence-electron chi connectivity index (χ1n) is 7.04. The number of benzene rings is 1. The van der Waals surface area contributed by atoms with Gasteiger partial charge in [-0.05, 0) is 36.8 Å². The van der Waals surface area contributed by atoms with Gasteiger partial charge in [0.15, 0.2) is 0 Å². The van der Waals surface area contributed by atoms with Crippen molar-refractivity contribution in [2.24, 2.45) is 0 Å². The van der Waals surface area contributed by atoms with Gasteiger partial charge in [0.1, 0.15) is 5.75 Å². The Bertz CT molecular complexity index is 629. The molecule has 0 aliphatic heterocycles. The summed E-state index contributed by atoms with van der Waals surface area (Å²) in [5, 5.41) is 16.2. The molecule has 0 atom stereocenters. The molecule has 0 saturated heterocycles. The SMILES string of the molecule is C=C/C=C(\C=C/C)C(=O)NNC(=O)/C=C/c1ccc(O)cc1.CO. The molecule has 0 aliphatic carbocycles. The predicted octanol–water partition coefficient (Wildman–Crippen LogP) is 1.85. The number of hydrogen-bond acceptors (Lipinski definition) is 4. The lowest BCUT2D eigenvalue weighted by molar-refractivity contribution is -0.124. The fourth-order valence-electron chi connectivity index (χ4n) is 1.50. The summed E-state index contributed by atoms with van der Waals surface area (Å²) in [6.45, 7) is 5.30. The number of aliphatic hydroxyl groups is 1. The molecule has 0 bridgehead atoms. The summed E-state index contributed by atoms with van der Waals surface area (Å²) in [5.74, 6) is -0.761. The average molecular weight is 330 g/mol. The first-order valence-corrected chi connectivity index (χ1v) is 7.04. The summed E-state index contributed by atoms with van der Waals surface area (Å²) in [7, 11) is 1.00. The molecular weight excluding hydrogens is 308 g/mol. The molecule has 0 aromatic heterocycles. The van der Waals surface area contributed by atoms with Gasteiger partial charge in [-0.1, -0.05) is 36.9 Å². The number of phenols is 1. The highest BCUT2D eigenvalue weighted by Gasteiger charge is 2.05. The van der Waals surface area contributed by atoms with Crippen LogP contribution in [0.25, 0.3) is 6.08 Å². The first kappa shape index (κ1) is 20.9. The molecule has 0 unspecified atom stereocenters. The normalized spacial score (nSPS) is 10.9. The maximum absolute atomic E-state index is 11.8. The molecule has 1 aromatic rings. The van der Waals surface area contributed by atoms with Crippen molar-refractivity contribution in [3.8, 4) is 5.75 Å². The van der Waals surface area contributed by atoms with Gasteiger partial charge in [-0.3, -0.25) is 20.4 Å². The third-order valence-corrected chi connectivity index (χ3v) is 2.53. The van der Waals surface area contributed by atoms with Crippen LogP contribution in [0.15, 0.2) is 66.8 Å². The highest BCUT2D eigenvalue weighted by Crippen LogP contribution is 2.10. The lowest BCUT2D eigenvalue weighted by Gasteiger charge is -2.05. The number of nitrogens with one attached hydrogen (secondary N) is 2. The first-order chi connectivity index (χ1) is 11.6. The van der Waals surface area contributed by atoms with Crippen LogP contribution < -0.4 is 10.9 Å². The Labute approximate surface area is 141 Å². The zero-order valence-electron chi connectivity index (χ0n) is 13.7. The van der Waals surface area contributed by atoms with Crippen LogP contribution in [0.4, 0.5) is 0 Å². The van der Waals surface area contributed by atoms with E-state index < -0.39 is 11.8 Å². The zero-order valence-corrected chi connectivity index (χ0v) is 13.7. The highest BCUT2D eigenvalue weighted by molar-refractivity contribution is 5.99. The minimum absolute atomic E-state index is 0.152. The molecule has 0 radical (unpaired) electrons. The van der Waals surface area contributed by atoms with Crippen LogP contribution in [0.5, 0.6) is 5.75 Å². The summed E-state index contributed by atoms with van der Waals surface area (Å²) < 4.78 is 0. The summed E-state index contributed by atoms with van der Waals surface area (Å²) in [5.41, 5.74) is 5.70. The molecule has 24 heavy (non-hydrogen) atoms. The number of amides is 2. The maximum atomic E-state index is 11.8. The van der Waals surface area contributed by atoms with E-state index in [0.717, 1.165) is 12.7 Å². The van der Waals surface area contributed by atoms with E-state index >= 15 is 0 Å². The molecule has 1 rings (SSSR count). The number of hydrogen-bond donors (Lipinski definition) is 4. The molecular formula is C18H22N2O4. The largest absolute Gasteiger partial charge is 0.508 e. The second kappa shape index (κ2) is 12.4. The molecule has 0 heterocycles. The Balaban J connectivity index is 0.00000254. The molecule has 2 amide bonds. The minimum Gasteiger partial charge on any atom is -0.508 e. The van der Waals surface area contributed by atoms with Crippen molar-refractivity contribution in [3.63, 3.8) is 0 Å². The van der Waals surface area contributed by atoms with E-state index in [2.05, 4.69) is 17.4 Å². The minimum atomic E-state index is -0.472. The quantitative estimate of drug-likeness (QED) is 0.376. The summed E-state index contributed by atoms with van der Waals surface area (Å²) in [6.07, 6.45) is 9.18. The Morgan fingerprint density at radius 2 is 1.71 bits per heavy atom. The number of aliphatic hydroxyl groups excluding tert-OH is 1. The van der Waals surface area contributed by atoms with Crippen molar-refractivity contribution in [3.05, 3.63) is 72.4 Å². The predicted molar refractivity (Wildman–Crippen MR) is 94.7 cm³/mol. The van der Waals surface area contributed by atoms with Crippen molar-refractivity contribution >= 4 is 17.9 Å². The molecule has 0 spiro atoms. The number of hydrazine groups is 1. The van der Waals surface area contributed by atoms with E-state index in [-0.39, 0.29) is 5.75 Å². The van der Waals surface area contributed by atoms with Gasteiger partial charge in [0.05, 0.1) is 0 Å². The van der Waals surface area contributed by atoms with E-state index in [1.165, 1.54) is 30.4 Å². The zero-order chi connectivity index (χ0) is 18.4. The smallest absolute Gasteiger partial charge is 0.269 e. The third-order valence-electron chi connectivity index (χ3n) is 2.53. The lowest BCUT2D eigenvalue weighted by atomic mass is 10.2. The van der Waals surface area contributed by atoms with Crippen LogP contribution in [0.1, 0.15) is 12.5 Å². The third kappa shape index (κ3) is 8.35. The van der Waals surface area contributed by atoms with Gasteiger partial charge in [0.25, 0.3) is 11.8 Å². The highest BCUT2D eigenvalue weighted by atomic mass is 16.3. The van der Waals surface area contributed by atoms with Crippen LogP contribution in [0, 0.1) is 0 Å². The number of carbonyl (C=O) groups excluding carboxylic acids is 2. The van der Waals surface area contributed by atoms with Crippen molar-refractivity contribution in [1.29, 1.82) is 0 Å². The standard InChI is InChI=1S/C17H18N2O3.CH4O/c1-3-5-14(6-4-2)17(22)19-18-16(21)12-9-13-7-10-15(20)11-8-13;1-2/h3-12,20H,1H2,2H3,(H,18,21)(H,19,22);2H,1H3/b6-4-,12-9+,14-5+;. The van der Waals surface area contributed by atoms with E-state index in [1.54, 1.807) is 37.3 Å². The second-order valence-electron chi connectivity index (χ2n) is 4.23. The van der Waals surface area contributed by atoms with Crippen molar-refractivity contribution in [2.45, 2.75) is 6.92 Å². The van der Waals surface area contributed by atoms with Gasteiger partial charge in [-0.25, -0.2) is 0 Å². The van der Waals surface area contributed by atoms with Crippen molar-refractivity contribution in [1.82, 2.24) is 10.9 Å². The number of carbonyl (C=O) groups is 2. The fraction of sp³-hybridized carbons (Fsp3) is 0.111. The molecule has 6 heteroatoms. The second-order valence-corrected chi connectivity index (χ2v) is 4.23. The van der Waals surface area contributed by atoms with Gasteiger partial charge in [-0.15, -0.1) is 0 Å². The summed E-state index contributed by atoms with van der Waals surface area (Å²) >= 11 is 0. The molecule has 1 aromatic carbocycles. The molecule has 0 saturated carbocycles. The maximum Gasteiger partial charge on any atom is 0.269 e. The van der Waals surface area contributed by atoms with E-state index in [9.17, 15) is 9.59 Å². The average Bonchev–Trinajstić information content (AvgIpc) is 2.60. The molecule has 6 nitrogen and oxygen atoms in total. The van der Waals surface area contributed by atoms with E-state index in [4.69, 9.17) is 10.2 Å². The topological polar surface area (TPSA) is 98.7 Å². The number of rotatable bonds is 5. The van der Waals surface area contributed by atoms with Crippen LogP contribution in [-0.2, 0) is 9.59 Å². The fourth-order valence-corrected chi connectivity index (χ4v) is 1.50. The summed E-state index contributed by atoms with van der Waals surface area (Å²) in [6, 6.07) is 6.36. The van der Waals surface area contributed by atoms with Crippen molar-refractivity contribution in [2.75, 3.05) is 7.11 Å². The molecule has 4 N–H and O–H groups in total. The number of phenolic OH excluding ortho intramolecular Hbond substituents is 1. The number of allylic oxidation sites excluding steroid dienone is 3. The van der Waals surface area contributed by atoms with Gasteiger partial charge in [0.2, 0.25) is 0 Å². The Hall–Kier alpha value is -3.12. The monoisotopic (exact) mass is 330 g/mol. The van der Waals surface area contributed by atoms with Crippen LogP contribution >= 0.6 is 0 Å². The van der Waals surface area contributed by atoms with Gasteiger partial charge < -0.3 is 10.2 Å². The summed E-state index contributed by atoms with van der Waals surface area (Å²) in [4.78, 5) is 23.4. The Morgan fingerprint density at radius 1 is 1.08 bits per heavy atom. The van der Waals surface area contributed by atoms with E-state index in [0.29, 0.717) is 5.57 Å². The number of aromatic hydroxyl groups is 1. The van der Waals surface area contributed by atoms with Crippen LogP contribution in [0.3, 0.4) is 0 Å². The Morgan fingerprint density at radius 3 is 2.25 bits per heavy atom. The van der Waals surface area contributed by atoms with Gasteiger partial charge >= 0.3 is 0 Å². The van der Waals surface area contributed by atoms with Gasteiger partial charge in [0, 0.05) is 18.8 Å².